The van der Waals surface area contributed by atoms with Gasteiger partial charge in [0.1, 0.15) is 17.2 Å². The van der Waals surface area contributed by atoms with Crippen LogP contribution in [-0.4, -0.2) is 31.1 Å². The lowest BCUT2D eigenvalue weighted by Gasteiger charge is -2.10. The molecule has 0 aliphatic carbocycles. The van der Waals surface area contributed by atoms with Crippen LogP contribution in [0.15, 0.2) is 72.8 Å². The molecule has 0 saturated carbocycles. The normalized spacial score (nSPS) is 11.4. The Morgan fingerprint density at radius 1 is 0.558 bits per heavy atom. The van der Waals surface area contributed by atoms with Gasteiger partial charge >= 0.3 is 17.9 Å². The van der Waals surface area contributed by atoms with Crippen LogP contribution < -0.4 is 14.2 Å². The summed E-state index contributed by atoms with van der Waals surface area (Å²) in [5.41, 5.74) is 1.07. The van der Waals surface area contributed by atoms with Gasteiger partial charge in [-0.2, -0.15) is 0 Å². The third kappa shape index (κ3) is 11.9. The van der Waals surface area contributed by atoms with Gasteiger partial charge in [0.25, 0.3) is 0 Å². The highest BCUT2D eigenvalue weighted by Crippen LogP contribution is 2.20. The van der Waals surface area contributed by atoms with Crippen LogP contribution in [0.1, 0.15) is 110 Å². The first kappa shape index (κ1) is 33.4. The predicted molar refractivity (Wildman–Crippen MR) is 167 cm³/mol. The zero-order valence-electron chi connectivity index (χ0n) is 25.6. The summed E-state index contributed by atoms with van der Waals surface area (Å²) in [6, 6.07) is 19.2. The van der Waals surface area contributed by atoms with Gasteiger partial charge in [0.2, 0.25) is 0 Å². The topological polar surface area (TPSA) is 88.1 Å². The number of carbonyl (C=O) groups excluding carboxylic acids is 3. The summed E-state index contributed by atoms with van der Waals surface area (Å²) >= 11 is 0. The van der Waals surface area contributed by atoms with Crippen LogP contribution in [0.5, 0.6) is 17.2 Å². The minimum Gasteiger partial charge on any atom is -0.494 e. The van der Waals surface area contributed by atoms with E-state index in [0.717, 1.165) is 25.0 Å². The fraction of sp³-hybridized carbons (Fsp3) is 0.417. The maximum Gasteiger partial charge on any atom is 0.343 e. The summed E-state index contributed by atoms with van der Waals surface area (Å²) in [6.45, 7) is 7.30. The van der Waals surface area contributed by atoms with E-state index in [2.05, 4.69) is 6.92 Å². The molecular weight excluding hydrogens is 544 g/mol. The van der Waals surface area contributed by atoms with Crippen LogP contribution in [0.4, 0.5) is 0 Å². The molecule has 0 aromatic heterocycles. The van der Waals surface area contributed by atoms with E-state index in [9.17, 15) is 14.4 Å². The third-order valence-electron chi connectivity index (χ3n) is 7.15. The highest BCUT2D eigenvalue weighted by molar-refractivity contribution is 5.93. The van der Waals surface area contributed by atoms with Crippen LogP contribution in [0, 0.1) is 5.92 Å². The second kappa shape index (κ2) is 18.4. The van der Waals surface area contributed by atoms with Gasteiger partial charge in [-0.25, -0.2) is 14.4 Å². The smallest absolute Gasteiger partial charge is 0.343 e. The molecule has 43 heavy (non-hydrogen) atoms. The first-order valence-corrected chi connectivity index (χ1v) is 15.4. The molecule has 1 unspecified atom stereocenters. The molecule has 3 aromatic carbocycles. The summed E-state index contributed by atoms with van der Waals surface area (Å²) in [6.07, 6.45) is 10.9. The van der Waals surface area contributed by atoms with Crippen LogP contribution in [0.25, 0.3) is 0 Å². The van der Waals surface area contributed by atoms with Gasteiger partial charge in [0, 0.05) is 0 Å². The van der Waals surface area contributed by atoms with Crippen LogP contribution >= 0.6 is 0 Å². The third-order valence-corrected chi connectivity index (χ3v) is 7.15. The van der Waals surface area contributed by atoms with Gasteiger partial charge in [-0.15, -0.1) is 0 Å². The predicted octanol–water partition coefficient (Wildman–Crippen LogP) is 8.85. The number of esters is 3. The zero-order valence-corrected chi connectivity index (χ0v) is 25.6. The van der Waals surface area contributed by atoms with Crippen molar-refractivity contribution >= 4 is 17.9 Å². The maximum atomic E-state index is 12.6. The first-order valence-electron chi connectivity index (χ1n) is 15.4. The highest BCUT2D eigenvalue weighted by Gasteiger charge is 2.14. The molecule has 230 valence electrons. The summed E-state index contributed by atoms with van der Waals surface area (Å²) in [5, 5.41) is 0. The molecule has 0 saturated heterocycles. The van der Waals surface area contributed by atoms with Crippen molar-refractivity contribution in [3.05, 3.63) is 89.5 Å². The van der Waals surface area contributed by atoms with E-state index in [1.165, 1.54) is 62.8 Å². The lowest BCUT2D eigenvalue weighted by molar-refractivity contribution is 0.0446. The van der Waals surface area contributed by atoms with Gasteiger partial charge in [0.05, 0.1) is 29.9 Å². The van der Waals surface area contributed by atoms with Crippen LogP contribution in [-0.2, 0) is 4.74 Å². The van der Waals surface area contributed by atoms with E-state index < -0.39 is 17.9 Å². The molecule has 3 aromatic rings. The van der Waals surface area contributed by atoms with E-state index in [4.69, 9.17) is 18.9 Å². The Balaban J connectivity index is 1.40. The van der Waals surface area contributed by atoms with Gasteiger partial charge in [-0.05, 0) is 85.1 Å². The molecule has 0 aliphatic heterocycles. The molecular formula is C36H44O7. The lowest BCUT2D eigenvalue weighted by atomic mass is 10.1. The Bertz CT molecular complexity index is 1260. The van der Waals surface area contributed by atoms with Crippen molar-refractivity contribution in [3.63, 3.8) is 0 Å². The monoisotopic (exact) mass is 588 g/mol. The van der Waals surface area contributed by atoms with E-state index >= 15 is 0 Å². The molecule has 0 radical (unpaired) electrons. The molecule has 0 fully saturated rings. The summed E-state index contributed by atoms with van der Waals surface area (Å²) in [7, 11) is 0. The van der Waals surface area contributed by atoms with Gasteiger partial charge in [-0.1, -0.05) is 72.1 Å². The largest absolute Gasteiger partial charge is 0.494 e. The van der Waals surface area contributed by atoms with Gasteiger partial charge in [0.15, 0.2) is 0 Å². The van der Waals surface area contributed by atoms with Crippen molar-refractivity contribution in [2.45, 2.75) is 78.6 Å². The SMILES string of the molecule is CCCCCCCCCCOc1ccc(C(=O)Oc2ccc(C(=O)Oc3ccc(C(=O)OCC(C)CC)cc3)cc2)cc1. The average molecular weight is 589 g/mol. The summed E-state index contributed by atoms with van der Waals surface area (Å²) in [5.74, 6) is 0.112. The van der Waals surface area contributed by atoms with E-state index in [-0.39, 0.29) is 5.56 Å². The van der Waals surface area contributed by atoms with Crippen molar-refractivity contribution in [1.82, 2.24) is 0 Å². The number of carbonyl (C=O) groups is 3. The van der Waals surface area contributed by atoms with Gasteiger partial charge < -0.3 is 18.9 Å². The van der Waals surface area contributed by atoms with Crippen LogP contribution in [0.2, 0.25) is 0 Å². The fourth-order valence-corrected chi connectivity index (χ4v) is 4.18. The molecule has 0 aliphatic rings. The van der Waals surface area contributed by atoms with Crippen molar-refractivity contribution < 1.29 is 33.3 Å². The van der Waals surface area contributed by atoms with Crippen molar-refractivity contribution in [1.29, 1.82) is 0 Å². The molecule has 7 heteroatoms. The van der Waals surface area contributed by atoms with Crippen molar-refractivity contribution in [2.75, 3.05) is 13.2 Å². The molecule has 0 N–H and O–H groups in total. The number of unbranched alkanes of at least 4 members (excludes halogenated alkanes) is 7. The summed E-state index contributed by atoms with van der Waals surface area (Å²) in [4.78, 5) is 37.3. The highest BCUT2D eigenvalue weighted by atomic mass is 16.5. The molecule has 0 spiro atoms. The standard InChI is InChI=1S/C36H44O7/c1-4-6-7-8-9-10-11-12-25-40-31-19-13-29(14-20-31)35(38)43-33-23-17-30(18-24-33)36(39)42-32-21-15-28(16-22-32)34(37)41-26-27(3)5-2/h13-24,27H,4-12,25-26H2,1-3H3. The number of hydrogen-bond acceptors (Lipinski definition) is 7. The molecule has 0 heterocycles. The second-order valence-corrected chi connectivity index (χ2v) is 10.8. The number of rotatable bonds is 18. The Kier molecular flexibility index (Phi) is 14.3. The average Bonchev–Trinajstić information content (AvgIpc) is 3.03. The molecule has 7 nitrogen and oxygen atoms in total. The lowest BCUT2D eigenvalue weighted by Crippen LogP contribution is -2.12. The zero-order chi connectivity index (χ0) is 30.9. The maximum absolute atomic E-state index is 12.6. The van der Waals surface area contributed by atoms with E-state index in [1.54, 1.807) is 48.5 Å². The Hall–Kier alpha value is -4.13. The first-order chi connectivity index (χ1) is 20.9. The quantitative estimate of drug-likeness (QED) is 0.0833. The number of benzene rings is 3. The van der Waals surface area contributed by atoms with E-state index in [0.29, 0.717) is 41.8 Å². The Labute approximate surface area is 255 Å². The minimum atomic E-state index is -0.576. The number of hydrogen-bond donors (Lipinski definition) is 0. The minimum absolute atomic E-state index is 0.287. The molecule has 1 atom stereocenters. The molecule has 3 rings (SSSR count). The number of ether oxygens (including phenoxy) is 4. The molecule has 0 amide bonds. The second-order valence-electron chi connectivity index (χ2n) is 10.8. The van der Waals surface area contributed by atoms with E-state index in [1.807, 2.05) is 13.8 Å². The van der Waals surface area contributed by atoms with Crippen molar-refractivity contribution in [2.24, 2.45) is 5.92 Å². The molecule has 0 bridgehead atoms. The Morgan fingerprint density at radius 2 is 0.977 bits per heavy atom. The van der Waals surface area contributed by atoms with Crippen LogP contribution in [0.3, 0.4) is 0 Å². The Morgan fingerprint density at radius 3 is 1.44 bits per heavy atom. The van der Waals surface area contributed by atoms with Crippen molar-refractivity contribution in [3.8, 4) is 17.2 Å². The van der Waals surface area contributed by atoms with Gasteiger partial charge in [-0.3, -0.25) is 0 Å². The fourth-order valence-electron chi connectivity index (χ4n) is 4.18. The summed E-state index contributed by atoms with van der Waals surface area (Å²) < 4.78 is 22.0.